The highest BCUT2D eigenvalue weighted by Gasteiger charge is 2.41. The highest BCUT2D eigenvalue weighted by Crippen LogP contribution is 2.41. The molecule has 1 saturated heterocycles. The molecule has 0 aliphatic carbocycles. The lowest BCUT2D eigenvalue weighted by Crippen LogP contribution is -2.47. The van der Waals surface area contributed by atoms with Crippen LogP contribution in [0.5, 0.6) is 11.5 Å². The van der Waals surface area contributed by atoms with Gasteiger partial charge in [0.25, 0.3) is 0 Å². The Balaban J connectivity index is 1.74. The van der Waals surface area contributed by atoms with E-state index in [0.717, 1.165) is 18.2 Å². The molecule has 0 spiro atoms. The van der Waals surface area contributed by atoms with Gasteiger partial charge in [0, 0.05) is 18.2 Å². The van der Waals surface area contributed by atoms with E-state index >= 15 is 0 Å². The van der Waals surface area contributed by atoms with Crippen molar-refractivity contribution in [1.29, 1.82) is 0 Å². The Hall–Kier alpha value is -3.94. The topological polar surface area (TPSA) is 67.9 Å². The van der Waals surface area contributed by atoms with E-state index in [0.29, 0.717) is 22.7 Å². The molecule has 4 rings (SSSR count). The first kappa shape index (κ1) is 23.2. The van der Waals surface area contributed by atoms with Crippen molar-refractivity contribution >= 4 is 23.2 Å². The van der Waals surface area contributed by atoms with E-state index in [9.17, 15) is 18.4 Å². The third-order valence-corrected chi connectivity index (χ3v) is 5.93. The van der Waals surface area contributed by atoms with Crippen LogP contribution in [0.3, 0.4) is 0 Å². The molecule has 2 atom stereocenters. The maximum absolute atomic E-state index is 14.2. The summed E-state index contributed by atoms with van der Waals surface area (Å²) in [6.07, 6.45) is 0.382. The predicted octanol–water partition coefficient (Wildman–Crippen LogP) is 5.11. The molecular formula is C26H24F2N2O4. The van der Waals surface area contributed by atoms with Gasteiger partial charge in [-0.15, -0.1) is 0 Å². The fourth-order valence-electron chi connectivity index (χ4n) is 4.22. The molecule has 3 aromatic carbocycles. The summed E-state index contributed by atoms with van der Waals surface area (Å²) in [4.78, 5) is 28.0. The molecule has 1 fully saturated rings. The Kier molecular flexibility index (Phi) is 6.77. The van der Waals surface area contributed by atoms with Gasteiger partial charge in [-0.3, -0.25) is 9.59 Å². The molecule has 0 bridgehead atoms. The molecule has 1 heterocycles. The van der Waals surface area contributed by atoms with Crippen LogP contribution < -0.4 is 19.7 Å². The van der Waals surface area contributed by atoms with Crippen LogP contribution in [-0.2, 0) is 9.59 Å². The lowest BCUT2D eigenvalue weighted by molar-refractivity contribution is -0.126. The van der Waals surface area contributed by atoms with Crippen molar-refractivity contribution in [3.05, 3.63) is 83.9 Å². The fraction of sp³-hybridized carbons (Fsp3) is 0.231. The molecule has 34 heavy (non-hydrogen) atoms. The second-order valence-corrected chi connectivity index (χ2v) is 7.94. The van der Waals surface area contributed by atoms with Crippen molar-refractivity contribution in [1.82, 2.24) is 0 Å². The maximum atomic E-state index is 14.2. The van der Waals surface area contributed by atoms with Crippen LogP contribution >= 0.6 is 0 Å². The van der Waals surface area contributed by atoms with Gasteiger partial charge in [0.05, 0.1) is 31.9 Å². The number of piperidine rings is 1. The van der Waals surface area contributed by atoms with Crippen LogP contribution in [-0.4, -0.2) is 26.0 Å². The van der Waals surface area contributed by atoms with Gasteiger partial charge in [0.2, 0.25) is 11.8 Å². The number of nitrogens with one attached hydrogen (secondary N) is 1. The van der Waals surface area contributed by atoms with E-state index in [1.165, 1.54) is 0 Å². The van der Waals surface area contributed by atoms with Crippen LogP contribution in [0.25, 0.3) is 0 Å². The van der Waals surface area contributed by atoms with Crippen molar-refractivity contribution < 1.29 is 27.8 Å². The Morgan fingerprint density at radius 1 is 0.941 bits per heavy atom. The molecule has 0 aromatic heterocycles. The van der Waals surface area contributed by atoms with E-state index in [4.69, 9.17) is 9.47 Å². The molecule has 176 valence electrons. The number of carbonyl (C=O) groups excluding carboxylic acids is 2. The maximum Gasteiger partial charge on any atom is 0.230 e. The third kappa shape index (κ3) is 4.71. The summed E-state index contributed by atoms with van der Waals surface area (Å²) in [7, 11) is 3.10. The monoisotopic (exact) mass is 466 g/mol. The summed E-state index contributed by atoms with van der Waals surface area (Å²) in [5.41, 5.74) is 1.07. The predicted molar refractivity (Wildman–Crippen MR) is 124 cm³/mol. The quantitative estimate of drug-likeness (QED) is 0.549. The first-order valence-corrected chi connectivity index (χ1v) is 10.8. The van der Waals surface area contributed by atoms with Crippen molar-refractivity contribution in [2.75, 3.05) is 24.4 Å². The lowest BCUT2D eigenvalue weighted by Gasteiger charge is -2.41. The van der Waals surface area contributed by atoms with Gasteiger partial charge in [0.1, 0.15) is 23.1 Å². The van der Waals surface area contributed by atoms with Crippen LogP contribution in [0.4, 0.5) is 20.2 Å². The minimum absolute atomic E-state index is 0.127. The number of carbonyl (C=O) groups is 2. The van der Waals surface area contributed by atoms with Crippen LogP contribution in [0, 0.1) is 17.6 Å². The van der Waals surface area contributed by atoms with Crippen LogP contribution in [0.15, 0.2) is 66.7 Å². The molecule has 8 heteroatoms. The number of nitrogens with zero attached hydrogens (tertiary/aromatic N) is 1. The van der Waals surface area contributed by atoms with Crippen molar-refractivity contribution in [3.8, 4) is 11.5 Å². The number of anilines is 2. The second kappa shape index (κ2) is 9.91. The standard InChI is InChI=1S/C26H24F2N2O4/c1-33-19-8-3-16(4-9-19)25-21(26(32)29-23-15-17(27)5-13-22(23)28)12-14-24(31)30(25)18-6-10-20(34-2)11-7-18/h3-11,13,15,21,25H,12,14H2,1-2H3,(H,29,32)/t21-,25+/m0/s1. The fourth-order valence-corrected chi connectivity index (χ4v) is 4.22. The smallest absolute Gasteiger partial charge is 0.230 e. The van der Waals surface area contributed by atoms with Gasteiger partial charge < -0.3 is 19.7 Å². The molecule has 0 radical (unpaired) electrons. The minimum atomic E-state index is -0.741. The first-order valence-electron chi connectivity index (χ1n) is 10.8. The number of hydrogen-bond acceptors (Lipinski definition) is 4. The molecule has 0 saturated carbocycles. The van der Waals surface area contributed by atoms with Crippen LogP contribution in [0.2, 0.25) is 0 Å². The normalized spacial score (nSPS) is 17.9. The average molecular weight is 466 g/mol. The summed E-state index contributed by atoms with van der Waals surface area (Å²) >= 11 is 0. The number of rotatable bonds is 6. The van der Waals surface area contributed by atoms with E-state index in [1.807, 2.05) is 0 Å². The zero-order chi connectivity index (χ0) is 24.2. The first-order chi connectivity index (χ1) is 16.4. The SMILES string of the molecule is COc1ccc([C@@H]2[C@@H](C(=O)Nc3cc(F)ccc3F)CCC(=O)N2c2ccc(OC)cc2)cc1. The molecule has 3 aromatic rings. The van der Waals surface area contributed by atoms with Crippen molar-refractivity contribution in [2.45, 2.75) is 18.9 Å². The highest BCUT2D eigenvalue weighted by atomic mass is 19.1. The lowest BCUT2D eigenvalue weighted by atomic mass is 9.83. The Bertz CT molecular complexity index is 1180. The molecular weight excluding hydrogens is 442 g/mol. The third-order valence-electron chi connectivity index (χ3n) is 5.93. The molecule has 0 unspecified atom stereocenters. The summed E-state index contributed by atoms with van der Waals surface area (Å²) in [6, 6.07) is 16.3. The summed E-state index contributed by atoms with van der Waals surface area (Å²) in [5.74, 6) is -1.51. The van der Waals surface area contributed by atoms with E-state index < -0.39 is 29.5 Å². The molecule has 1 aliphatic heterocycles. The zero-order valence-corrected chi connectivity index (χ0v) is 18.8. The number of methoxy groups -OCH3 is 2. The molecule has 1 aliphatic rings. The Labute approximate surface area is 196 Å². The number of amides is 2. The second-order valence-electron chi connectivity index (χ2n) is 7.94. The average Bonchev–Trinajstić information content (AvgIpc) is 2.86. The van der Waals surface area contributed by atoms with Crippen molar-refractivity contribution in [2.24, 2.45) is 5.92 Å². The number of halogens is 2. The van der Waals surface area contributed by atoms with Gasteiger partial charge in [-0.1, -0.05) is 12.1 Å². The van der Waals surface area contributed by atoms with Gasteiger partial charge in [-0.05, 0) is 60.5 Å². The highest BCUT2D eigenvalue weighted by molar-refractivity contribution is 6.00. The van der Waals surface area contributed by atoms with Crippen LogP contribution in [0.1, 0.15) is 24.4 Å². The summed E-state index contributed by atoms with van der Waals surface area (Å²) < 4.78 is 38.3. The minimum Gasteiger partial charge on any atom is -0.497 e. The van der Waals surface area contributed by atoms with Gasteiger partial charge in [-0.25, -0.2) is 8.78 Å². The Morgan fingerprint density at radius 3 is 2.18 bits per heavy atom. The largest absolute Gasteiger partial charge is 0.497 e. The van der Waals surface area contributed by atoms with Gasteiger partial charge in [-0.2, -0.15) is 0 Å². The summed E-state index contributed by atoms with van der Waals surface area (Å²) in [6.45, 7) is 0. The van der Waals surface area contributed by atoms with Crippen molar-refractivity contribution in [3.63, 3.8) is 0 Å². The van der Waals surface area contributed by atoms with Gasteiger partial charge in [0.15, 0.2) is 0 Å². The number of ether oxygens (including phenoxy) is 2. The zero-order valence-electron chi connectivity index (χ0n) is 18.8. The van der Waals surface area contributed by atoms with Gasteiger partial charge >= 0.3 is 0 Å². The van der Waals surface area contributed by atoms with E-state index in [2.05, 4.69) is 5.32 Å². The summed E-state index contributed by atoms with van der Waals surface area (Å²) in [5, 5.41) is 2.51. The number of hydrogen-bond donors (Lipinski definition) is 1. The molecule has 2 amide bonds. The number of benzene rings is 3. The van der Waals surface area contributed by atoms with E-state index in [-0.39, 0.29) is 24.4 Å². The molecule has 6 nitrogen and oxygen atoms in total. The molecule has 1 N–H and O–H groups in total. The van der Waals surface area contributed by atoms with E-state index in [1.54, 1.807) is 67.7 Å². The Morgan fingerprint density at radius 2 is 1.56 bits per heavy atom.